The molecule has 3 rings (SSSR count). The molecule has 3 aromatic rings. The molecule has 0 amide bonds. The minimum absolute atomic E-state index is 0.117. The van der Waals surface area contributed by atoms with E-state index in [-0.39, 0.29) is 18.2 Å². The van der Waals surface area contributed by atoms with Gasteiger partial charge in [-0.2, -0.15) is 0 Å². The molecule has 0 aliphatic rings. The number of hydrogen-bond donors (Lipinski definition) is 2. The van der Waals surface area contributed by atoms with Crippen molar-refractivity contribution in [3.63, 3.8) is 0 Å². The molecule has 0 bridgehead atoms. The van der Waals surface area contributed by atoms with Crippen LogP contribution in [0.15, 0.2) is 84.9 Å². The second kappa shape index (κ2) is 9.43. The van der Waals surface area contributed by atoms with E-state index in [1.54, 1.807) is 31.2 Å². The van der Waals surface area contributed by atoms with Crippen molar-refractivity contribution >= 4 is 10.0 Å². The van der Waals surface area contributed by atoms with Gasteiger partial charge in [0.15, 0.2) is 0 Å². The summed E-state index contributed by atoms with van der Waals surface area (Å²) in [7, 11) is -2.12. The lowest BCUT2D eigenvalue weighted by molar-refractivity contribution is 0.0481. The van der Waals surface area contributed by atoms with E-state index in [0.29, 0.717) is 11.3 Å². The van der Waals surface area contributed by atoms with Crippen molar-refractivity contribution in [2.75, 3.05) is 13.7 Å². The Balaban J connectivity index is 1.80. The van der Waals surface area contributed by atoms with Gasteiger partial charge >= 0.3 is 0 Å². The zero-order valence-electron chi connectivity index (χ0n) is 17.2. The van der Waals surface area contributed by atoms with Gasteiger partial charge in [-0.15, -0.1) is 0 Å². The van der Waals surface area contributed by atoms with Gasteiger partial charge in [-0.05, 0) is 35.7 Å². The quantitative estimate of drug-likeness (QED) is 0.548. The van der Waals surface area contributed by atoms with E-state index in [0.717, 1.165) is 11.1 Å². The Morgan fingerprint density at radius 2 is 1.50 bits per heavy atom. The molecule has 0 spiro atoms. The molecule has 0 radical (unpaired) electrons. The zero-order valence-corrected chi connectivity index (χ0v) is 18.0. The molecule has 6 heteroatoms. The highest BCUT2D eigenvalue weighted by molar-refractivity contribution is 7.88. The average molecular weight is 426 g/mol. The van der Waals surface area contributed by atoms with E-state index in [2.05, 4.69) is 4.72 Å². The van der Waals surface area contributed by atoms with Crippen molar-refractivity contribution in [2.24, 2.45) is 0 Å². The van der Waals surface area contributed by atoms with Crippen LogP contribution < -0.4 is 9.46 Å². The van der Waals surface area contributed by atoms with Gasteiger partial charge in [-0.3, -0.25) is 0 Å². The molecule has 0 aliphatic carbocycles. The monoisotopic (exact) mass is 425 g/mol. The Bertz CT molecular complexity index is 1010. The molecular weight excluding hydrogens is 398 g/mol. The molecular formula is C24H27NO4S. The number of methoxy groups -OCH3 is 1. The molecule has 30 heavy (non-hydrogen) atoms. The minimum Gasteiger partial charge on any atom is -0.497 e. The maximum absolute atomic E-state index is 12.7. The lowest BCUT2D eigenvalue weighted by Gasteiger charge is -2.34. The fraction of sp³-hybridized carbons (Fsp3) is 0.250. The summed E-state index contributed by atoms with van der Waals surface area (Å²) in [5.74, 6) is 0.0177. The van der Waals surface area contributed by atoms with E-state index in [1.165, 1.54) is 7.11 Å². The minimum atomic E-state index is -3.66. The number of aliphatic hydroxyl groups is 1. The summed E-state index contributed by atoms with van der Waals surface area (Å²) in [6, 6.07) is 26.2. The fourth-order valence-corrected chi connectivity index (χ4v) is 4.82. The molecule has 1 atom stereocenters. The highest BCUT2D eigenvalue weighted by atomic mass is 32.2. The predicted molar refractivity (Wildman–Crippen MR) is 119 cm³/mol. The molecule has 0 saturated carbocycles. The van der Waals surface area contributed by atoms with E-state index in [1.807, 2.05) is 60.7 Å². The predicted octanol–water partition coefficient (Wildman–Crippen LogP) is 3.70. The lowest BCUT2D eigenvalue weighted by atomic mass is 9.78. The number of sulfonamides is 1. The van der Waals surface area contributed by atoms with Crippen LogP contribution in [0.5, 0.6) is 5.75 Å². The van der Waals surface area contributed by atoms with Crippen LogP contribution in [0.4, 0.5) is 0 Å². The van der Waals surface area contributed by atoms with E-state index in [4.69, 9.17) is 4.74 Å². The SMILES string of the molecule is COc1cccc(CS(=O)(=O)NC[C@](C)(O)C(c2ccccc2)c2ccccc2)c1. The average Bonchev–Trinajstić information content (AvgIpc) is 2.74. The van der Waals surface area contributed by atoms with Crippen molar-refractivity contribution in [1.82, 2.24) is 4.72 Å². The van der Waals surface area contributed by atoms with Gasteiger partial charge in [-0.25, -0.2) is 13.1 Å². The molecule has 0 saturated heterocycles. The van der Waals surface area contributed by atoms with Crippen molar-refractivity contribution in [2.45, 2.75) is 24.2 Å². The third kappa shape index (κ3) is 5.69. The molecule has 0 aromatic heterocycles. The number of nitrogens with one attached hydrogen (secondary N) is 1. The number of benzene rings is 3. The van der Waals surface area contributed by atoms with E-state index in [9.17, 15) is 13.5 Å². The van der Waals surface area contributed by atoms with Crippen LogP contribution >= 0.6 is 0 Å². The molecule has 0 heterocycles. The third-order valence-electron chi connectivity index (χ3n) is 5.03. The van der Waals surface area contributed by atoms with E-state index >= 15 is 0 Å². The first-order valence-corrected chi connectivity index (χ1v) is 11.4. The molecule has 5 nitrogen and oxygen atoms in total. The summed E-state index contributed by atoms with van der Waals surface area (Å²) in [5.41, 5.74) is 1.11. The highest BCUT2D eigenvalue weighted by Gasteiger charge is 2.35. The van der Waals surface area contributed by atoms with Crippen molar-refractivity contribution in [3.05, 3.63) is 102 Å². The normalized spacial score (nSPS) is 13.7. The van der Waals surface area contributed by atoms with Gasteiger partial charge in [0.25, 0.3) is 0 Å². The fourth-order valence-electron chi connectivity index (χ4n) is 3.59. The Morgan fingerprint density at radius 1 is 0.933 bits per heavy atom. The molecule has 2 N–H and O–H groups in total. The summed E-state index contributed by atoms with van der Waals surface area (Å²) in [4.78, 5) is 0. The largest absolute Gasteiger partial charge is 0.497 e. The van der Waals surface area contributed by atoms with Gasteiger partial charge in [-0.1, -0.05) is 72.8 Å². The lowest BCUT2D eigenvalue weighted by Crippen LogP contribution is -2.45. The van der Waals surface area contributed by atoms with Crippen LogP contribution in [-0.4, -0.2) is 32.8 Å². The summed E-state index contributed by atoms with van der Waals surface area (Å²) in [5, 5.41) is 11.3. The third-order valence-corrected chi connectivity index (χ3v) is 6.33. The number of hydrogen-bond acceptors (Lipinski definition) is 4. The second-order valence-corrected chi connectivity index (χ2v) is 9.35. The van der Waals surface area contributed by atoms with Crippen LogP contribution in [0.25, 0.3) is 0 Å². The maximum atomic E-state index is 12.7. The molecule has 0 unspecified atom stereocenters. The summed E-state index contributed by atoms with van der Waals surface area (Å²) >= 11 is 0. The first-order valence-electron chi connectivity index (χ1n) is 9.73. The van der Waals surface area contributed by atoms with Gasteiger partial charge < -0.3 is 9.84 Å². The van der Waals surface area contributed by atoms with Crippen molar-refractivity contribution in [1.29, 1.82) is 0 Å². The van der Waals surface area contributed by atoms with Gasteiger partial charge in [0.1, 0.15) is 5.75 Å². The first kappa shape index (κ1) is 22.0. The Labute approximate surface area is 178 Å². The maximum Gasteiger partial charge on any atom is 0.215 e. The Morgan fingerprint density at radius 3 is 2.03 bits per heavy atom. The van der Waals surface area contributed by atoms with Crippen LogP contribution in [0, 0.1) is 0 Å². The second-order valence-electron chi connectivity index (χ2n) is 7.54. The zero-order chi connectivity index (χ0) is 21.6. The molecule has 0 aliphatic heterocycles. The smallest absolute Gasteiger partial charge is 0.215 e. The summed E-state index contributed by atoms with van der Waals surface area (Å²) < 4.78 is 33.1. The number of ether oxygens (including phenoxy) is 1. The van der Waals surface area contributed by atoms with Crippen LogP contribution in [0.1, 0.15) is 29.5 Å². The Kier molecular flexibility index (Phi) is 6.92. The molecule has 0 fully saturated rings. The first-order chi connectivity index (χ1) is 14.3. The summed E-state index contributed by atoms with van der Waals surface area (Å²) in [6.07, 6.45) is 0. The van der Waals surface area contributed by atoms with Gasteiger partial charge in [0.05, 0.1) is 18.5 Å². The van der Waals surface area contributed by atoms with Crippen molar-refractivity contribution < 1.29 is 18.3 Å². The molecule has 158 valence electrons. The van der Waals surface area contributed by atoms with Gasteiger partial charge in [0, 0.05) is 12.5 Å². The topological polar surface area (TPSA) is 75.6 Å². The van der Waals surface area contributed by atoms with Crippen LogP contribution in [0.3, 0.4) is 0 Å². The standard InChI is InChI=1S/C24H27NO4S/c1-24(26,18-25-30(27,28)17-19-10-9-15-22(16-19)29-2)23(20-11-5-3-6-12-20)21-13-7-4-8-14-21/h3-16,23,25-26H,17-18H2,1-2H3/t24-/m0/s1. The van der Waals surface area contributed by atoms with Crippen LogP contribution in [-0.2, 0) is 15.8 Å². The molecule has 3 aromatic carbocycles. The van der Waals surface area contributed by atoms with Gasteiger partial charge in [0.2, 0.25) is 10.0 Å². The summed E-state index contributed by atoms with van der Waals surface area (Å²) in [6.45, 7) is 1.54. The highest BCUT2D eigenvalue weighted by Crippen LogP contribution is 2.34. The van der Waals surface area contributed by atoms with Crippen LogP contribution in [0.2, 0.25) is 0 Å². The van der Waals surface area contributed by atoms with E-state index < -0.39 is 15.6 Å². The van der Waals surface area contributed by atoms with Crippen molar-refractivity contribution in [3.8, 4) is 5.75 Å². The number of rotatable bonds is 9. The Hall–Kier alpha value is -2.67.